The molecule has 0 N–H and O–H groups in total. The van der Waals surface area contributed by atoms with Gasteiger partial charge in [-0.2, -0.15) is 0 Å². The lowest BCUT2D eigenvalue weighted by Crippen LogP contribution is -2.52. The number of hydrogen-bond donors (Lipinski definition) is 0. The fourth-order valence-electron chi connectivity index (χ4n) is 3.66. The summed E-state index contributed by atoms with van der Waals surface area (Å²) in [7, 11) is -0.179. The topological polar surface area (TPSA) is 79.4 Å². The van der Waals surface area contributed by atoms with Crippen molar-refractivity contribution in [1.82, 2.24) is 4.90 Å². The molecule has 2 aromatic carbocycles. The van der Waals surface area contributed by atoms with Crippen LogP contribution in [0.3, 0.4) is 0 Å². The summed E-state index contributed by atoms with van der Waals surface area (Å²) in [4.78, 5) is 17.1. The van der Waals surface area contributed by atoms with Gasteiger partial charge >= 0.3 is 0 Å². The minimum absolute atomic E-state index is 0.0375. The first kappa shape index (κ1) is 23.7. The van der Waals surface area contributed by atoms with Crippen molar-refractivity contribution in [1.29, 1.82) is 0 Å². The molecule has 1 heterocycles. The molecule has 1 aliphatic heterocycles. The van der Waals surface area contributed by atoms with Crippen LogP contribution in [0.1, 0.15) is 13.3 Å². The Balaban J connectivity index is 1.61. The van der Waals surface area contributed by atoms with Gasteiger partial charge in [-0.25, -0.2) is 8.42 Å². The maximum Gasteiger partial charge on any atom is 0.263 e. The summed E-state index contributed by atoms with van der Waals surface area (Å²) in [6.45, 7) is 4.56. The van der Waals surface area contributed by atoms with Gasteiger partial charge in [0.1, 0.15) is 11.5 Å². The zero-order chi connectivity index (χ0) is 23.3. The molecule has 0 saturated carbocycles. The van der Waals surface area contributed by atoms with Crippen molar-refractivity contribution in [3.05, 3.63) is 48.5 Å². The summed E-state index contributed by atoms with van der Waals surface area (Å²) in [6.07, 6.45) is 1.10. The average molecular weight is 462 g/mol. The van der Waals surface area contributed by atoms with Crippen LogP contribution in [0.2, 0.25) is 0 Å². The Bertz CT molecular complexity index is 1020. The van der Waals surface area contributed by atoms with Crippen molar-refractivity contribution in [2.45, 2.75) is 19.4 Å². The van der Waals surface area contributed by atoms with E-state index in [-0.39, 0.29) is 5.91 Å². The van der Waals surface area contributed by atoms with Crippen LogP contribution in [0.25, 0.3) is 0 Å². The molecule has 1 aliphatic rings. The molecule has 1 amide bonds. The van der Waals surface area contributed by atoms with Crippen molar-refractivity contribution < 1.29 is 22.7 Å². The summed E-state index contributed by atoms with van der Waals surface area (Å²) in [6, 6.07) is 14.6. The Morgan fingerprint density at radius 2 is 1.69 bits per heavy atom. The third-order valence-electron chi connectivity index (χ3n) is 5.64. The zero-order valence-electron chi connectivity index (χ0n) is 19.0. The second-order valence-corrected chi connectivity index (χ2v) is 9.74. The summed E-state index contributed by atoms with van der Waals surface area (Å²) in [5, 5.41) is 0. The Morgan fingerprint density at radius 3 is 2.25 bits per heavy atom. The highest BCUT2D eigenvalue weighted by atomic mass is 32.2. The van der Waals surface area contributed by atoms with Gasteiger partial charge in [-0.1, -0.05) is 19.1 Å². The number of nitrogens with zero attached hydrogens (tertiary/aromatic N) is 3. The van der Waals surface area contributed by atoms with E-state index in [0.29, 0.717) is 30.9 Å². The van der Waals surface area contributed by atoms with Gasteiger partial charge < -0.3 is 19.3 Å². The molecule has 8 nitrogen and oxygen atoms in total. The van der Waals surface area contributed by atoms with Crippen LogP contribution in [0.15, 0.2) is 48.5 Å². The van der Waals surface area contributed by atoms with E-state index in [2.05, 4.69) is 4.90 Å². The molecule has 1 fully saturated rings. The van der Waals surface area contributed by atoms with Gasteiger partial charge in [0, 0.05) is 33.2 Å². The fraction of sp³-hybridized carbons (Fsp3) is 0.435. The van der Waals surface area contributed by atoms with Crippen molar-refractivity contribution in [2.75, 3.05) is 55.8 Å². The monoisotopic (exact) mass is 461 g/mol. The SMILES string of the molecule is CC[C@@H](Oc1ccc(N(C)S(C)(=O)=O)cc1)C(=O)N1CCN(c2ccccc2OC)CC1. The standard InChI is InChI=1S/C23H31N3O5S/c1-5-21(31-19-12-10-18(11-13-19)24(2)32(4,28)29)23(27)26-16-14-25(15-17-26)20-8-6-7-9-22(20)30-3/h6-13,21H,5,14-17H2,1-4H3/t21-/m1/s1. The first-order valence-corrected chi connectivity index (χ1v) is 12.5. The molecule has 3 rings (SSSR count). The van der Waals surface area contributed by atoms with Crippen molar-refractivity contribution in [3.8, 4) is 11.5 Å². The zero-order valence-corrected chi connectivity index (χ0v) is 19.8. The Kier molecular flexibility index (Phi) is 7.50. The van der Waals surface area contributed by atoms with Crippen LogP contribution in [0.5, 0.6) is 11.5 Å². The maximum absolute atomic E-state index is 13.1. The summed E-state index contributed by atoms with van der Waals surface area (Å²) in [5.74, 6) is 1.32. The van der Waals surface area contributed by atoms with Gasteiger partial charge in [0.15, 0.2) is 6.10 Å². The number of piperazine rings is 1. The highest BCUT2D eigenvalue weighted by Gasteiger charge is 2.28. The molecule has 174 valence electrons. The maximum atomic E-state index is 13.1. The van der Waals surface area contributed by atoms with Crippen molar-refractivity contribution in [2.24, 2.45) is 0 Å². The van der Waals surface area contributed by atoms with Gasteiger partial charge in [-0.05, 0) is 42.8 Å². The highest BCUT2D eigenvalue weighted by molar-refractivity contribution is 7.92. The number of carbonyl (C=O) groups excluding carboxylic acids is 1. The Hall–Kier alpha value is -2.94. The average Bonchev–Trinajstić information content (AvgIpc) is 2.81. The molecule has 9 heteroatoms. The molecule has 32 heavy (non-hydrogen) atoms. The van der Waals surface area contributed by atoms with Gasteiger partial charge in [-0.15, -0.1) is 0 Å². The lowest BCUT2D eigenvalue weighted by molar-refractivity contribution is -0.139. The van der Waals surface area contributed by atoms with Crippen molar-refractivity contribution in [3.63, 3.8) is 0 Å². The van der Waals surface area contributed by atoms with Gasteiger partial charge in [0.25, 0.3) is 5.91 Å². The van der Waals surface area contributed by atoms with Gasteiger partial charge in [-0.3, -0.25) is 9.10 Å². The molecular weight excluding hydrogens is 430 g/mol. The molecule has 0 bridgehead atoms. The lowest BCUT2D eigenvalue weighted by Gasteiger charge is -2.37. The predicted octanol–water partition coefficient (Wildman–Crippen LogP) is 2.60. The Morgan fingerprint density at radius 1 is 1.06 bits per heavy atom. The number of sulfonamides is 1. The molecule has 2 aromatic rings. The quantitative estimate of drug-likeness (QED) is 0.601. The van der Waals surface area contributed by atoms with Crippen LogP contribution >= 0.6 is 0 Å². The molecule has 0 unspecified atom stereocenters. The molecule has 1 atom stereocenters. The molecule has 0 aromatic heterocycles. The summed E-state index contributed by atoms with van der Waals surface area (Å²) in [5.41, 5.74) is 1.57. The first-order chi connectivity index (χ1) is 15.2. The van der Waals surface area contributed by atoms with E-state index in [4.69, 9.17) is 9.47 Å². The number of hydrogen-bond acceptors (Lipinski definition) is 6. The molecular formula is C23H31N3O5S. The smallest absolute Gasteiger partial charge is 0.263 e. The van der Waals surface area contributed by atoms with E-state index in [9.17, 15) is 13.2 Å². The van der Waals surface area contributed by atoms with Crippen LogP contribution in [0.4, 0.5) is 11.4 Å². The van der Waals surface area contributed by atoms with E-state index >= 15 is 0 Å². The number of benzene rings is 2. The van der Waals surface area contributed by atoms with Gasteiger partial charge in [0.05, 0.1) is 24.7 Å². The largest absolute Gasteiger partial charge is 0.495 e. The number of carbonyl (C=O) groups is 1. The third kappa shape index (κ3) is 5.45. The van der Waals surface area contributed by atoms with Crippen molar-refractivity contribution >= 4 is 27.3 Å². The minimum Gasteiger partial charge on any atom is -0.495 e. The lowest BCUT2D eigenvalue weighted by atomic mass is 10.2. The fourth-order valence-corrected chi connectivity index (χ4v) is 4.17. The first-order valence-electron chi connectivity index (χ1n) is 10.6. The Labute approximate surface area is 190 Å². The number of ether oxygens (including phenoxy) is 2. The minimum atomic E-state index is -3.33. The number of methoxy groups -OCH3 is 1. The summed E-state index contributed by atoms with van der Waals surface area (Å²) < 4.78 is 36.0. The second kappa shape index (κ2) is 10.1. The molecule has 0 radical (unpaired) electrons. The van der Waals surface area contributed by atoms with Crippen LogP contribution in [-0.2, 0) is 14.8 Å². The number of rotatable bonds is 8. The van der Waals surface area contributed by atoms with E-state index in [1.807, 2.05) is 36.1 Å². The van der Waals surface area contributed by atoms with Gasteiger partial charge in [0.2, 0.25) is 10.0 Å². The van der Waals surface area contributed by atoms with Crippen LogP contribution < -0.4 is 18.7 Å². The van der Waals surface area contributed by atoms with E-state index in [1.165, 1.54) is 11.4 Å². The number of anilines is 2. The van der Waals surface area contributed by atoms with E-state index < -0.39 is 16.1 Å². The molecule has 0 aliphatic carbocycles. The van der Waals surface area contributed by atoms with Crippen LogP contribution in [-0.4, -0.2) is 71.9 Å². The molecule has 0 spiro atoms. The predicted molar refractivity (Wildman–Crippen MR) is 126 cm³/mol. The van der Waals surface area contributed by atoms with E-state index in [0.717, 1.165) is 30.8 Å². The summed E-state index contributed by atoms with van der Waals surface area (Å²) >= 11 is 0. The highest BCUT2D eigenvalue weighted by Crippen LogP contribution is 2.28. The number of para-hydroxylation sites is 2. The molecule has 1 saturated heterocycles. The second-order valence-electron chi connectivity index (χ2n) is 7.72. The number of amides is 1. The normalized spacial score (nSPS) is 15.2. The third-order valence-corrected chi connectivity index (χ3v) is 6.85. The van der Waals surface area contributed by atoms with E-state index in [1.54, 1.807) is 31.4 Å². The van der Waals surface area contributed by atoms with Crippen LogP contribution in [0, 0.1) is 0 Å².